The number of rotatable bonds is 7. The molecule has 2 N–H and O–H groups in total. The molecule has 0 saturated heterocycles. The van der Waals surface area contributed by atoms with Gasteiger partial charge < -0.3 is 10.6 Å². The van der Waals surface area contributed by atoms with Gasteiger partial charge in [-0.2, -0.15) is 0 Å². The molecular weight excluding hydrogens is 224 g/mol. The highest BCUT2D eigenvalue weighted by Gasteiger charge is 2.11. The number of unbranched alkanes of at least 4 members (excludes halogenated alkanes) is 2. The second-order valence-corrected chi connectivity index (χ2v) is 4.74. The van der Waals surface area contributed by atoms with Crippen LogP contribution in [0.5, 0.6) is 0 Å². The van der Waals surface area contributed by atoms with Crippen LogP contribution in [0.15, 0.2) is 24.3 Å². The molecule has 0 aliphatic heterocycles. The molecule has 3 heteroatoms. The minimum Gasteiger partial charge on any atom is -0.325 e. The van der Waals surface area contributed by atoms with Crippen molar-refractivity contribution in [3.8, 4) is 0 Å². The van der Waals surface area contributed by atoms with Gasteiger partial charge in [0.25, 0.3) is 0 Å². The Balaban J connectivity index is 2.33. The van der Waals surface area contributed by atoms with Crippen molar-refractivity contribution in [3.63, 3.8) is 0 Å². The normalized spacial score (nSPS) is 12.2. The molecule has 0 aliphatic carbocycles. The zero-order chi connectivity index (χ0) is 13.4. The van der Waals surface area contributed by atoms with Gasteiger partial charge in [0.05, 0.1) is 6.04 Å². The van der Waals surface area contributed by atoms with Gasteiger partial charge in [0, 0.05) is 5.69 Å². The van der Waals surface area contributed by atoms with Crippen LogP contribution in [-0.4, -0.2) is 18.5 Å². The van der Waals surface area contributed by atoms with Crippen molar-refractivity contribution in [1.82, 2.24) is 5.32 Å². The van der Waals surface area contributed by atoms with Crippen LogP contribution in [0.1, 0.15) is 38.7 Å². The lowest BCUT2D eigenvalue weighted by atomic mass is 10.2. The topological polar surface area (TPSA) is 41.1 Å². The third-order valence-corrected chi connectivity index (χ3v) is 2.94. The number of benzene rings is 1. The predicted octanol–water partition coefficient (Wildman–Crippen LogP) is 3.10. The molecule has 1 unspecified atom stereocenters. The summed E-state index contributed by atoms with van der Waals surface area (Å²) in [6.07, 6.45) is 3.53. The third kappa shape index (κ3) is 5.32. The summed E-state index contributed by atoms with van der Waals surface area (Å²) in [5.74, 6) is 0.0235. The van der Waals surface area contributed by atoms with E-state index in [0.717, 1.165) is 18.7 Å². The Kier molecular flexibility index (Phi) is 6.44. The summed E-state index contributed by atoms with van der Waals surface area (Å²) in [5, 5.41) is 6.15. The average molecular weight is 248 g/mol. The van der Waals surface area contributed by atoms with Crippen molar-refractivity contribution >= 4 is 11.6 Å². The van der Waals surface area contributed by atoms with Gasteiger partial charge in [0.1, 0.15) is 0 Å². The maximum absolute atomic E-state index is 11.9. The summed E-state index contributed by atoms with van der Waals surface area (Å²) < 4.78 is 0. The maximum Gasteiger partial charge on any atom is 0.241 e. The first-order chi connectivity index (χ1) is 8.63. The molecule has 1 aromatic rings. The summed E-state index contributed by atoms with van der Waals surface area (Å²) in [6, 6.07) is 7.70. The molecule has 1 atom stereocenters. The standard InChI is InChI=1S/C15H24N2O/c1-4-5-6-11-16-13(3)15(18)17-14-9-7-12(2)8-10-14/h7-10,13,16H,4-6,11H2,1-3H3,(H,17,18). The fraction of sp³-hybridized carbons (Fsp3) is 0.533. The first-order valence-corrected chi connectivity index (χ1v) is 6.74. The number of carbonyl (C=O) groups excluding carboxylic acids is 1. The van der Waals surface area contributed by atoms with Crippen LogP contribution in [0.4, 0.5) is 5.69 Å². The molecule has 0 spiro atoms. The number of nitrogens with one attached hydrogen (secondary N) is 2. The molecule has 0 radical (unpaired) electrons. The smallest absolute Gasteiger partial charge is 0.241 e. The van der Waals surface area contributed by atoms with Crippen LogP contribution in [-0.2, 0) is 4.79 Å². The maximum atomic E-state index is 11.9. The summed E-state index contributed by atoms with van der Waals surface area (Å²) in [4.78, 5) is 11.9. The van der Waals surface area contributed by atoms with Crippen molar-refractivity contribution in [2.45, 2.75) is 46.1 Å². The Bertz CT molecular complexity index is 359. The van der Waals surface area contributed by atoms with Gasteiger partial charge in [-0.1, -0.05) is 37.5 Å². The zero-order valence-corrected chi connectivity index (χ0v) is 11.6. The van der Waals surface area contributed by atoms with E-state index in [9.17, 15) is 4.79 Å². The lowest BCUT2D eigenvalue weighted by Gasteiger charge is -2.14. The molecule has 0 fully saturated rings. The van der Waals surface area contributed by atoms with Crippen molar-refractivity contribution in [1.29, 1.82) is 0 Å². The molecule has 0 bridgehead atoms. The van der Waals surface area contributed by atoms with Gasteiger partial charge in [-0.05, 0) is 38.9 Å². The van der Waals surface area contributed by atoms with Crippen LogP contribution in [0.2, 0.25) is 0 Å². The number of hydrogen-bond acceptors (Lipinski definition) is 2. The Morgan fingerprint density at radius 2 is 1.89 bits per heavy atom. The molecule has 3 nitrogen and oxygen atoms in total. The second kappa shape index (κ2) is 7.88. The summed E-state index contributed by atoms with van der Waals surface area (Å²) in [6.45, 7) is 7.00. The van der Waals surface area contributed by atoms with E-state index < -0.39 is 0 Å². The third-order valence-electron chi connectivity index (χ3n) is 2.94. The van der Waals surface area contributed by atoms with E-state index in [2.05, 4.69) is 17.6 Å². The second-order valence-electron chi connectivity index (χ2n) is 4.74. The number of amides is 1. The highest BCUT2D eigenvalue weighted by atomic mass is 16.2. The molecule has 0 aliphatic rings. The summed E-state index contributed by atoms with van der Waals surface area (Å²) in [7, 11) is 0. The van der Waals surface area contributed by atoms with Gasteiger partial charge in [-0.15, -0.1) is 0 Å². The summed E-state index contributed by atoms with van der Waals surface area (Å²) in [5.41, 5.74) is 2.05. The monoisotopic (exact) mass is 248 g/mol. The van der Waals surface area contributed by atoms with Gasteiger partial charge in [0.2, 0.25) is 5.91 Å². The van der Waals surface area contributed by atoms with Gasteiger partial charge in [0.15, 0.2) is 0 Å². The quantitative estimate of drug-likeness (QED) is 0.728. The molecule has 100 valence electrons. The number of hydrogen-bond donors (Lipinski definition) is 2. The predicted molar refractivity (Wildman–Crippen MR) is 76.8 cm³/mol. The Hall–Kier alpha value is -1.35. The number of anilines is 1. The molecule has 0 aromatic heterocycles. The van der Waals surface area contributed by atoms with E-state index in [1.165, 1.54) is 18.4 Å². The molecule has 1 rings (SSSR count). The van der Waals surface area contributed by atoms with Crippen molar-refractivity contribution in [2.75, 3.05) is 11.9 Å². The average Bonchev–Trinajstić information content (AvgIpc) is 2.37. The first kappa shape index (κ1) is 14.7. The molecular formula is C15H24N2O. The van der Waals surface area contributed by atoms with Gasteiger partial charge in [-0.25, -0.2) is 0 Å². The number of carbonyl (C=O) groups is 1. The van der Waals surface area contributed by atoms with Crippen LogP contribution < -0.4 is 10.6 Å². The van der Waals surface area contributed by atoms with E-state index >= 15 is 0 Å². The Morgan fingerprint density at radius 1 is 1.22 bits per heavy atom. The Morgan fingerprint density at radius 3 is 2.50 bits per heavy atom. The fourth-order valence-corrected chi connectivity index (χ4v) is 1.67. The van der Waals surface area contributed by atoms with E-state index in [-0.39, 0.29) is 11.9 Å². The Labute approximate surface area is 110 Å². The van der Waals surface area contributed by atoms with E-state index in [4.69, 9.17) is 0 Å². The van der Waals surface area contributed by atoms with Gasteiger partial charge in [-0.3, -0.25) is 4.79 Å². The molecule has 18 heavy (non-hydrogen) atoms. The molecule has 0 heterocycles. The van der Waals surface area contributed by atoms with E-state index in [0.29, 0.717) is 0 Å². The van der Waals surface area contributed by atoms with Crippen LogP contribution in [0, 0.1) is 6.92 Å². The molecule has 1 aromatic carbocycles. The zero-order valence-electron chi connectivity index (χ0n) is 11.6. The van der Waals surface area contributed by atoms with Crippen LogP contribution in [0.3, 0.4) is 0 Å². The molecule has 0 saturated carbocycles. The van der Waals surface area contributed by atoms with E-state index in [1.807, 2.05) is 38.1 Å². The van der Waals surface area contributed by atoms with Crippen molar-refractivity contribution in [2.24, 2.45) is 0 Å². The largest absolute Gasteiger partial charge is 0.325 e. The minimum atomic E-state index is -0.150. The van der Waals surface area contributed by atoms with Crippen molar-refractivity contribution < 1.29 is 4.79 Å². The lowest BCUT2D eigenvalue weighted by molar-refractivity contribution is -0.117. The number of aryl methyl sites for hydroxylation is 1. The fourth-order valence-electron chi connectivity index (χ4n) is 1.67. The highest BCUT2D eigenvalue weighted by molar-refractivity contribution is 5.94. The van der Waals surface area contributed by atoms with Gasteiger partial charge >= 0.3 is 0 Å². The highest BCUT2D eigenvalue weighted by Crippen LogP contribution is 2.08. The lowest BCUT2D eigenvalue weighted by Crippen LogP contribution is -2.38. The van der Waals surface area contributed by atoms with Crippen LogP contribution >= 0.6 is 0 Å². The van der Waals surface area contributed by atoms with Crippen LogP contribution in [0.25, 0.3) is 0 Å². The molecule has 1 amide bonds. The van der Waals surface area contributed by atoms with Crippen molar-refractivity contribution in [3.05, 3.63) is 29.8 Å². The van der Waals surface area contributed by atoms with E-state index in [1.54, 1.807) is 0 Å². The minimum absolute atomic E-state index is 0.0235. The first-order valence-electron chi connectivity index (χ1n) is 6.74. The summed E-state index contributed by atoms with van der Waals surface area (Å²) >= 11 is 0. The SMILES string of the molecule is CCCCCNC(C)C(=O)Nc1ccc(C)cc1.